The number of halogens is 3. The maximum absolute atomic E-state index is 13.2. The average Bonchev–Trinajstić information content (AvgIpc) is 2.44. The molecule has 2 aromatic carbocycles. The van der Waals surface area contributed by atoms with E-state index in [1.165, 1.54) is 6.07 Å². The second kappa shape index (κ2) is 7.01. The molecule has 0 aliphatic carbocycles. The minimum Gasteiger partial charge on any atom is -0.306 e. The van der Waals surface area contributed by atoms with Gasteiger partial charge in [-0.1, -0.05) is 43.6 Å². The SMILES string of the molecule is CC(C)C(NCc1ccc(F)c(F)c1)c1ccc(Cl)cc1. The van der Waals surface area contributed by atoms with E-state index in [9.17, 15) is 8.78 Å². The first-order chi connectivity index (χ1) is 9.97. The lowest BCUT2D eigenvalue weighted by molar-refractivity contribution is 0.409. The zero-order valence-corrected chi connectivity index (χ0v) is 12.8. The number of rotatable bonds is 5. The summed E-state index contributed by atoms with van der Waals surface area (Å²) in [6.07, 6.45) is 0. The maximum Gasteiger partial charge on any atom is 0.159 e. The molecular weight excluding hydrogens is 292 g/mol. The van der Waals surface area contributed by atoms with Crippen molar-refractivity contribution in [1.82, 2.24) is 5.32 Å². The van der Waals surface area contributed by atoms with E-state index in [-0.39, 0.29) is 6.04 Å². The van der Waals surface area contributed by atoms with Crippen LogP contribution in [0.1, 0.15) is 31.0 Å². The molecule has 2 aromatic rings. The number of hydrogen-bond acceptors (Lipinski definition) is 1. The highest BCUT2D eigenvalue weighted by atomic mass is 35.5. The van der Waals surface area contributed by atoms with Gasteiger partial charge in [0.25, 0.3) is 0 Å². The lowest BCUT2D eigenvalue weighted by atomic mass is 9.96. The third-order valence-electron chi connectivity index (χ3n) is 3.41. The van der Waals surface area contributed by atoms with Crippen LogP contribution in [0.25, 0.3) is 0 Å². The Labute approximate surface area is 128 Å². The molecule has 0 aliphatic heterocycles. The van der Waals surface area contributed by atoms with E-state index < -0.39 is 11.6 Å². The van der Waals surface area contributed by atoms with Crippen LogP contribution in [-0.4, -0.2) is 0 Å². The Bertz CT molecular complexity index is 596. The molecule has 0 fully saturated rings. The molecule has 21 heavy (non-hydrogen) atoms. The van der Waals surface area contributed by atoms with Gasteiger partial charge in [-0.05, 0) is 41.3 Å². The van der Waals surface area contributed by atoms with Crippen molar-refractivity contribution in [1.29, 1.82) is 0 Å². The summed E-state index contributed by atoms with van der Waals surface area (Å²) in [7, 11) is 0. The quantitative estimate of drug-likeness (QED) is 0.809. The van der Waals surface area contributed by atoms with Gasteiger partial charge in [0.05, 0.1) is 0 Å². The van der Waals surface area contributed by atoms with Gasteiger partial charge < -0.3 is 5.32 Å². The third kappa shape index (κ3) is 4.26. The molecule has 4 heteroatoms. The Balaban J connectivity index is 2.09. The second-order valence-electron chi connectivity index (χ2n) is 5.40. The Kier molecular flexibility index (Phi) is 5.32. The van der Waals surface area contributed by atoms with E-state index >= 15 is 0 Å². The molecule has 0 radical (unpaired) electrons. The van der Waals surface area contributed by atoms with Crippen LogP contribution in [0.4, 0.5) is 8.78 Å². The molecule has 0 amide bonds. The van der Waals surface area contributed by atoms with Crippen LogP contribution in [0.5, 0.6) is 0 Å². The number of benzene rings is 2. The highest BCUT2D eigenvalue weighted by molar-refractivity contribution is 6.30. The van der Waals surface area contributed by atoms with E-state index in [4.69, 9.17) is 11.6 Å². The molecule has 0 aromatic heterocycles. The molecule has 0 saturated carbocycles. The molecule has 1 unspecified atom stereocenters. The standard InChI is InChI=1S/C17H18ClF2N/c1-11(2)17(13-4-6-14(18)7-5-13)21-10-12-3-8-15(19)16(20)9-12/h3-9,11,17,21H,10H2,1-2H3. The van der Waals surface area contributed by atoms with Crippen molar-refractivity contribution in [2.45, 2.75) is 26.4 Å². The van der Waals surface area contributed by atoms with Crippen molar-refractivity contribution in [3.05, 3.63) is 70.2 Å². The van der Waals surface area contributed by atoms with E-state index in [0.717, 1.165) is 11.6 Å². The fraction of sp³-hybridized carbons (Fsp3) is 0.294. The normalized spacial score (nSPS) is 12.7. The fourth-order valence-corrected chi connectivity index (χ4v) is 2.41. The van der Waals surface area contributed by atoms with Crippen LogP contribution >= 0.6 is 11.6 Å². The fourth-order valence-electron chi connectivity index (χ4n) is 2.29. The van der Waals surface area contributed by atoms with Gasteiger partial charge in [0.1, 0.15) is 0 Å². The van der Waals surface area contributed by atoms with E-state index in [0.29, 0.717) is 23.0 Å². The monoisotopic (exact) mass is 309 g/mol. The number of hydrogen-bond donors (Lipinski definition) is 1. The predicted octanol–water partition coefficient (Wildman–Crippen LogP) is 5.11. The lowest BCUT2D eigenvalue weighted by Gasteiger charge is -2.23. The summed E-state index contributed by atoms with van der Waals surface area (Å²) in [5.74, 6) is -1.28. The van der Waals surface area contributed by atoms with Gasteiger partial charge in [-0.3, -0.25) is 0 Å². The summed E-state index contributed by atoms with van der Waals surface area (Å²) in [6, 6.07) is 11.7. The van der Waals surface area contributed by atoms with Gasteiger partial charge in [-0.25, -0.2) is 8.78 Å². The molecule has 0 spiro atoms. The van der Waals surface area contributed by atoms with Crippen LogP contribution in [0.2, 0.25) is 5.02 Å². The van der Waals surface area contributed by atoms with Crippen LogP contribution in [-0.2, 0) is 6.54 Å². The second-order valence-corrected chi connectivity index (χ2v) is 5.84. The molecule has 112 valence electrons. The van der Waals surface area contributed by atoms with Gasteiger partial charge in [-0.2, -0.15) is 0 Å². The van der Waals surface area contributed by atoms with Crippen LogP contribution in [0.3, 0.4) is 0 Å². The molecule has 1 atom stereocenters. The molecule has 0 saturated heterocycles. The first-order valence-electron chi connectivity index (χ1n) is 6.90. The first-order valence-corrected chi connectivity index (χ1v) is 7.28. The minimum atomic E-state index is -0.822. The largest absolute Gasteiger partial charge is 0.306 e. The van der Waals surface area contributed by atoms with E-state index in [1.54, 1.807) is 6.07 Å². The summed E-state index contributed by atoms with van der Waals surface area (Å²) < 4.78 is 26.1. The highest BCUT2D eigenvalue weighted by Crippen LogP contribution is 2.24. The summed E-state index contributed by atoms with van der Waals surface area (Å²) in [6.45, 7) is 4.69. The third-order valence-corrected chi connectivity index (χ3v) is 3.66. The number of nitrogens with one attached hydrogen (secondary N) is 1. The zero-order valence-electron chi connectivity index (χ0n) is 12.0. The van der Waals surface area contributed by atoms with Gasteiger partial charge in [0.2, 0.25) is 0 Å². The Morgan fingerprint density at radius 2 is 1.67 bits per heavy atom. The van der Waals surface area contributed by atoms with Crippen LogP contribution < -0.4 is 5.32 Å². The van der Waals surface area contributed by atoms with Crippen LogP contribution in [0.15, 0.2) is 42.5 Å². The van der Waals surface area contributed by atoms with Crippen molar-refractivity contribution < 1.29 is 8.78 Å². The van der Waals surface area contributed by atoms with Crippen molar-refractivity contribution in [2.75, 3.05) is 0 Å². The van der Waals surface area contributed by atoms with E-state index in [2.05, 4.69) is 19.2 Å². The Morgan fingerprint density at radius 3 is 2.24 bits per heavy atom. The summed E-state index contributed by atoms with van der Waals surface area (Å²) in [5, 5.41) is 4.08. The highest BCUT2D eigenvalue weighted by Gasteiger charge is 2.15. The smallest absolute Gasteiger partial charge is 0.159 e. The van der Waals surface area contributed by atoms with Gasteiger partial charge >= 0.3 is 0 Å². The maximum atomic E-state index is 13.2. The summed E-state index contributed by atoms with van der Waals surface area (Å²) in [4.78, 5) is 0. The zero-order chi connectivity index (χ0) is 15.4. The first kappa shape index (κ1) is 15.9. The average molecular weight is 310 g/mol. The predicted molar refractivity (Wildman–Crippen MR) is 82.2 cm³/mol. The molecule has 2 rings (SSSR count). The summed E-state index contributed by atoms with van der Waals surface area (Å²) >= 11 is 5.90. The molecule has 0 bridgehead atoms. The molecule has 1 nitrogen and oxygen atoms in total. The van der Waals surface area contributed by atoms with Crippen LogP contribution in [0, 0.1) is 17.6 Å². The minimum absolute atomic E-state index is 0.121. The van der Waals surface area contributed by atoms with Crippen molar-refractivity contribution in [2.24, 2.45) is 5.92 Å². The topological polar surface area (TPSA) is 12.0 Å². The van der Waals surface area contributed by atoms with Crippen molar-refractivity contribution >= 4 is 11.6 Å². The van der Waals surface area contributed by atoms with E-state index in [1.807, 2.05) is 24.3 Å². The Morgan fingerprint density at radius 1 is 1.00 bits per heavy atom. The van der Waals surface area contributed by atoms with Crippen molar-refractivity contribution in [3.63, 3.8) is 0 Å². The molecular formula is C17H18ClF2N. The molecule has 0 heterocycles. The Hall–Kier alpha value is -1.45. The van der Waals surface area contributed by atoms with Gasteiger partial charge in [0.15, 0.2) is 11.6 Å². The van der Waals surface area contributed by atoms with Gasteiger partial charge in [0, 0.05) is 17.6 Å². The lowest BCUT2D eigenvalue weighted by Crippen LogP contribution is -2.25. The van der Waals surface area contributed by atoms with Crippen molar-refractivity contribution in [3.8, 4) is 0 Å². The summed E-state index contributed by atoms with van der Waals surface area (Å²) in [5.41, 5.74) is 1.84. The molecule has 0 aliphatic rings. The molecule has 1 N–H and O–H groups in total. The van der Waals surface area contributed by atoms with Gasteiger partial charge in [-0.15, -0.1) is 0 Å².